The molecular formula is C14H12N4O2S. The Bertz CT molecular complexity index is 746. The van der Waals surface area contributed by atoms with Crippen molar-refractivity contribution < 1.29 is 9.59 Å². The van der Waals surface area contributed by atoms with Crippen LogP contribution in [0.25, 0.3) is 11.0 Å². The molecule has 3 aromatic rings. The number of anilines is 1. The maximum Gasteiger partial charge on any atom is 0.261 e. The number of H-pyrrole nitrogens is 1. The summed E-state index contributed by atoms with van der Waals surface area (Å²) in [5.41, 5.74) is 1.62. The van der Waals surface area contributed by atoms with E-state index in [0.29, 0.717) is 10.8 Å². The predicted molar refractivity (Wildman–Crippen MR) is 81.4 cm³/mol. The first-order valence-corrected chi connectivity index (χ1v) is 7.16. The Labute approximate surface area is 124 Å². The van der Waals surface area contributed by atoms with Crippen molar-refractivity contribution in [3.63, 3.8) is 0 Å². The molecule has 0 aliphatic carbocycles. The third-order valence-electron chi connectivity index (χ3n) is 2.80. The van der Waals surface area contributed by atoms with Crippen molar-refractivity contribution >= 4 is 40.1 Å². The number of carbonyl (C=O) groups excluding carboxylic acids is 2. The Balaban J connectivity index is 1.57. The van der Waals surface area contributed by atoms with Crippen LogP contribution >= 0.6 is 11.3 Å². The number of nitrogens with one attached hydrogen (secondary N) is 3. The standard InChI is InChI=1S/C14H12N4O2S/c19-12(8-15-13(20)11-6-3-7-21-11)18-14-16-9-4-1-2-5-10(9)17-14/h1-7H,8H2,(H,15,20)(H2,16,17,18,19). The highest BCUT2D eigenvalue weighted by Crippen LogP contribution is 2.13. The van der Waals surface area contributed by atoms with Gasteiger partial charge in [-0.1, -0.05) is 18.2 Å². The zero-order valence-corrected chi connectivity index (χ0v) is 11.7. The van der Waals surface area contributed by atoms with Gasteiger partial charge in [0.1, 0.15) is 0 Å². The van der Waals surface area contributed by atoms with Gasteiger partial charge < -0.3 is 10.3 Å². The summed E-state index contributed by atoms with van der Waals surface area (Å²) in [7, 11) is 0. The Morgan fingerprint density at radius 2 is 2.05 bits per heavy atom. The predicted octanol–water partition coefficient (Wildman–Crippen LogP) is 1.99. The molecule has 21 heavy (non-hydrogen) atoms. The number of aromatic nitrogens is 2. The average molecular weight is 300 g/mol. The maximum atomic E-state index is 11.8. The molecule has 2 heterocycles. The fraction of sp³-hybridized carbons (Fsp3) is 0.0714. The third-order valence-corrected chi connectivity index (χ3v) is 3.67. The van der Waals surface area contributed by atoms with Crippen LogP contribution in [0.2, 0.25) is 0 Å². The second-order valence-electron chi connectivity index (χ2n) is 4.31. The average Bonchev–Trinajstić information content (AvgIpc) is 3.13. The van der Waals surface area contributed by atoms with Gasteiger partial charge in [-0.3, -0.25) is 14.9 Å². The topological polar surface area (TPSA) is 86.9 Å². The number of carbonyl (C=O) groups is 2. The van der Waals surface area contributed by atoms with E-state index in [1.54, 1.807) is 12.1 Å². The molecule has 7 heteroatoms. The molecule has 106 valence electrons. The van der Waals surface area contributed by atoms with E-state index in [-0.39, 0.29) is 18.4 Å². The normalized spacial score (nSPS) is 10.5. The molecule has 2 aromatic heterocycles. The number of thiophene rings is 1. The van der Waals surface area contributed by atoms with Crippen LogP contribution < -0.4 is 10.6 Å². The Morgan fingerprint density at radius 3 is 2.81 bits per heavy atom. The lowest BCUT2D eigenvalue weighted by Gasteiger charge is -2.03. The number of hydrogen-bond acceptors (Lipinski definition) is 4. The summed E-state index contributed by atoms with van der Waals surface area (Å²) in [5.74, 6) is -0.227. The molecular weight excluding hydrogens is 288 g/mol. The lowest BCUT2D eigenvalue weighted by Crippen LogP contribution is -2.32. The summed E-state index contributed by atoms with van der Waals surface area (Å²) in [4.78, 5) is 31.3. The molecule has 0 aliphatic heterocycles. The molecule has 6 nitrogen and oxygen atoms in total. The van der Waals surface area contributed by atoms with Gasteiger partial charge >= 0.3 is 0 Å². The molecule has 0 atom stereocenters. The highest BCUT2D eigenvalue weighted by atomic mass is 32.1. The summed E-state index contributed by atoms with van der Waals surface area (Å²) >= 11 is 1.33. The Morgan fingerprint density at radius 1 is 1.19 bits per heavy atom. The van der Waals surface area contributed by atoms with Gasteiger partial charge in [0.05, 0.1) is 22.5 Å². The van der Waals surface area contributed by atoms with Crippen LogP contribution in [-0.2, 0) is 4.79 Å². The summed E-state index contributed by atoms with van der Waals surface area (Å²) in [5, 5.41) is 6.98. The zero-order chi connectivity index (χ0) is 14.7. The van der Waals surface area contributed by atoms with Gasteiger partial charge in [0.25, 0.3) is 5.91 Å². The maximum absolute atomic E-state index is 11.8. The number of benzene rings is 1. The SMILES string of the molecule is O=C(CNC(=O)c1cccs1)Nc1nc2ccccc2[nH]1. The molecule has 0 unspecified atom stereocenters. The second-order valence-corrected chi connectivity index (χ2v) is 5.26. The molecule has 0 saturated carbocycles. The van der Waals surface area contributed by atoms with E-state index in [1.165, 1.54) is 11.3 Å². The molecule has 3 N–H and O–H groups in total. The number of para-hydroxylation sites is 2. The van der Waals surface area contributed by atoms with E-state index in [0.717, 1.165) is 11.0 Å². The van der Waals surface area contributed by atoms with Gasteiger partial charge in [-0.25, -0.2) is 4.98 Å². The van der Waals surface area contributed by atoms with Gasteiger partial charge in [0.2, 0.25) is 11.9 Å². The van der Waals surface area contributed by atoms with E-state index in [2.05, 4.69) is 20.6 Å². The Hall–Kier alpha value is -2.67. The number of imidazole rings is 1. The number of nitrogens with zero attached hydrogens (tertiary/aromatic N) is 1. The first-order chi connectivity index (χ1) is 10.2. The summed E-state index contributed by atoms with van der Waals surface area (Å²) < 4.78 is 0. The van der Waals surface area contributed by atoms with Gasteiger partial charge in [-0.15, -0.1) is 11.3 Å². The quantitative estimate of drug-likeness (QED) is 0.688. The molecule has 2 amide bonds. The fourth-order valence-corrected chi connectivity index (χ4v) is 2.48. The Kier molecular flexibility index (Phi) is 3.65. The monoisotopic (exact) mass is 300 g/mol. The highest BCUT2D eigenvalue weighted by Gasteiger charge is 2.10. The number of aromatic amines is 1. The zero-order valence-electron chi connectivity index (χ0n) is 10.9. The number of fused-ring (bicyclic) bond motifs is 1. The van der Waals surface area contributed by atoms with Crippen LogP contribution in [-0.4, -0.2) is 28.3 Å². The number of amides is 2. The van der Waals surface area contributed by atoms with E-state index in [1.807, 2.05) is 29.6 Å². The van der Waals surface area contributed by atoms with Crippen LogP contribution in [0.4, 0.5) is 5.95 Å². The van der Waals surface area contributed by atoms with Crippen molar-refractivity contribution in [3.05, 3.63) is 46.7 Å². The molecule has 3 rings (SSSR count). The molecule has 0 fully saturated rings. The largest absolute Gasteiger partial charge is 0.342 e. The summed E-state index contributed by atoms with van der Waals surface area (Å²) in [6.07, 6.45) is 0. The minimum atomic E-state index is -0.334. The minimum Gasteiger partial charge on any atom is -0.342 e. The molecule has 1 aromatic carbocycles. The lowest BCUT2D eigenvalue weighted by atomic mass is 10.3. The van der Waals surface area contributed by atoms with Crippen molar-refractivity contribution in [3.8, 4) is 0 Å². The third kappa shape index (κ3) is 3.09. The van der Waals surface area contributed by atoms with E-state index >= 15 is 0 Å². The summed E-state index contributed by atoms with van der Waals surface area (Å²) in [6, 6.07) is 11.0. The lowest BCUT2D eigenvalue weighted by molar-refractivity contribution is -0.115. The molecule has 0 spiro atoms. The van der Waals surface area contributed by atoms with Crippen molar-refractivity contribution in [1.29, 1.82) is 0 Å². The molecule has 0 aliphatic rings. The van der Waals surface area contributed by atoms with Crippen molar-refractivity contribution in [2.24, 2.45) is 0 Å². The first kappa shape index (κ1) is 13.3. The van der Waals surface area contributed by atoms with E-state index < -0.39 is 0 Å². The van der Waals surface area contributed by atoms with Crippen molar-refractivity contribution in [2.75, 3.05) is 11.9 Å². The van der Waals surface area contributed by atoms with Crippen LogP contribution in [0.3, 0.4) is 0 Å². The van der Waals surface area contributed by atoms with Crippen molar-refractivity contribution in [1.82, 2.24) is 15.3 Å². The molecule has 0 radical (unpaired) electrons. The number of hydrogen-bond donors (Lipinski definition) is 3. The van der Waals surface area contributed by atoms with Crippen LogP contribution in [0.5, 0.6) is 0 Å². The van der Waals surface area contributed by atoms with Gasteiger partial charge in [-0.2, -0.15) is 0 Å². The second kappa shape index (κ2) is 5.76. The van der Waals surface area contributed by atoms with Crippen molar-refractivity contribution in [2.45, 2.75) is 0 Å². The van der Waals surface area contributed by atoms with Gasteiger partial charge in [0.15, 0.2) is 0 Å². The van der Waals surface area contributed by atoms with Gasteiger partial charge in [-0.05, 0) is 23.6 Å². The van der Waals surface area contributed by atoms with Crippen LogP contribution in [0.1, 0.15) is 9.67 Å². The smallest absolute Gasteiger partial charge is 0.261 e. The van der Waals surface area contributed by atoms with E-state index in [9.17, 15) is 9.59 Å². The number of rotatable bonds is 4. The first-order valence-electron chi connectivity index (χ1n) is 6.29. The molecule has 0 saturated heterocycles. The molecule has 0 bridgehead atoms. The highest BCUT2D eigenvalue weighted by molar-refractivity contribution is 7.12. The van der Waals surface area contributed by atoms with Gasteiger partial charge in [0, 0.05) is 0 Å². The summed E-state index contributed by atoms with van der Waals surface area (Å²) in [6.45, 7) is -0.103. The van der Waals surface area contributed by atoms with E-state index in [4.69, 9.17) is 0 Å². The minimum absolute atomic E-state index is 0.103. The van der Waals surface area contributed by atoms with Crippen LogP contribution in [0, 0.1) is 0 Å². The fourth-order valence-electron chi connectivity index (χ4n) is 1.84. The van der Waals surface area contributed by atoms with Crippen LogP contribution in [0.15, 0.2) is 41.8 Å².